The Morgan fingerprint density at radius 1 is 1.30 bits per heavy atom. The van der Waals surface area contributed by atoms with Gasteiger partial charge in [-0.15, -0.1) is 10.2 Å². The number of nitrogens with one attached hydrogen (secondary N) is 1. The Morgan fingerprint density at radius 2 is 2.05 bits per heavy atom. The summed E-state index contributed by atoms with van der Waals surface area (Å²) in [5.41, 5.74) is 1.14. The molecule has 20 heavy (non-hydrogen) atoms. The van der Waals surface area contributed by atoms with Gasteiger partial charge in [0, 0.05) is 11.1 Å². The van der Waals surface area contributed by atoms with Gasteiger partial charge < -0.3 is 14.5 Å². The standard InChI is InChI=1S/C13H13N3O4/c1-2-19-11(17)7-14-12(18)9-3-5-10(6-4-9)13-16-15-8-20-13/h3-6,8H,2,7H2,1H3,(H,14,18). The molecule has 7 nitrogen and oxygen atoms in total. The molecule has 1 amide bonds. The Hall–Kier alpha value is -2.70. The third-order valence-electron chi connectivity index (χ3n) is 2.45. The molecule has 1 aromatic heterocycles. The summed E-state index contributed by atoms with van der Waals surface area (Å²) in [4.78, 5) is 22.9. The van der Waals surface area contributed by atoms with Crippen LogP contribution < -0.4 is 5.32 Å². The minimum absolute atomic E-state index is 0.155. The fraction of sp³-hybridized carbons (Fsp3) is 0.231. The van der Waals surface area contributed by atoms with E-state index in [-0.39, 0.29) is 19.1 Å². The zero-order chi connectivity index (χ0) is 14.4. The quantitative estimate of drug-likeness (QED) is 0.819. The van der Waals surface area contributed by atoms with E-state index in [1.807, 2.05) is 0 Å². The number of carbonyl (C=O) groups is 2. The molecule has 0 unspecified atom stereocenters. The average molecular weight is 275 g/mol. The molecule has 7 heteroatoms. The van der Waals surface area contributed by atoms with Crippen LogP contribution in [0.1, 0.15) is 17.3 Å². The van der Waals surface area contributed by atoms with E-state index in [0.717, 1.165) is 0 Å². The number of carbonyl (C=O) groups excluding carboxylic acids is 2. The summed E-state index contributed by atoms with van der Waals surface area (Å²) >= 11 is 0. The van der Waals surface area contributed by atoms with Crippen LogP contribution >= 0.6 is 0 Å². The summed E-state index contributed by atoms with van der Waals surface area (Å²) in [5.74, 6) is -0.443. The van der Waals surface area contributed by atoms with E-state index >= 15 is 0 Å². The number of aromatic nitrogens is 2. The molecular weight excluding hydrogens is 262 g/mol. The zero-order valence-electron chi connectivity index (χ0n) is 10.8. The second-order valence-corrected chi connectivity index (χ2v) is 3.81. The van der Waals surface area contributed by atoms with Gasteiger partial charge in [-0.05, 0) is 31.2 Å². The predicted molar refractivity (Wildman–Crippen MR) is 68.7 cm³/mol. The minimum Gasteiger partial charge on any atom is -0.465 e. The van der Waals surface area contributed by atoms with Crippen LogP contribution in [-0.2, 0) is 9.53 Å². The molecular formula is C13H13N3O4. The summed E-state index contributed by atoms with van der Waals surface area (Å²) in [7, 11) is 0. The van der Waals surface area contributed by atoms with Crippen molar-refractivity contribution in [3.8, 4) is 11.5 Å². The second kappa shape index (κ2) is 6.46. The molecule has 0 spiro atoms. The van der Waals surface area contributed by atoms with Crippen LogP contribution in [0.5, 0.6) is 0 Å². The molecule has 0 saturated carbocycles. The lowest BCUT2D eigenvalue weighted by atomic mass is 10.1. The lowest BCUT2D eigenvalue weighted by molar-refractivity contribution is -0.141. The normalized spacial score (nSPS) is 10.1. The summed E-state index contributed by atoms with van der Waals surface area (Å²) < 4.78 is 9.76. The van der Waals surface area contributed by atoms with Gasteiger partial charge in [0.1, 0.15) is 6.54 Å². The number of benzene rings is 1. The highest BCUT2D eigenvalue weighted by atomic mass is 16.5. The molecule has 0 aliphatic rings. The van der Waals surface area contributed by atoms with E-state index in [0.29, 0.717) is 17.0 Å². The third-order valence-corrected chi connectivity index (χ3v) is 2.45. The molecule has 2 aromatic rings. The molecule has 1 aromatic carbocycles. The number of nitrogens with zero attached hydrogens (tertiary/aromatic N) is 2. The smallest absolute Gasteiger partial charge is 0.325 e. The van der Waals surface area contributed by atoms with Gasteiger partial charge in [0.15, 0.2) is 0 Å². The van der Waals surface area contributed by atoms with Crippen LogP contribution in [0.2, 0.25) is 0 Å². The lowest BCUT2D eigenvalue weighted by Crippen LogP contribution is -2.30. The van der Waals surface area contributed by atoms with E-state index in [9.17, 15) is 9.59 Å². The van der Waals surface area contributed by atoms with Crippen LogP contribution in [-0.4, -0.2) is 35.2 Å². The van der Waals surface area contributed by atoms with Crippen molar-refractivity contribution in [2.45, 2.75) is 6.92 Å². The highest BCUT2D eigenvalue weighted by Crippen LogP contribution is 2.16. The predicted octanol–water partition coefficient (Wildman–Crippen LogP) is 1.03. The van der Waals surface area contributed by atoms with Gasteiger partial charge in [0.05, 0.1) is 6.61 Å². The molecule has 0 bridgehead atoms. The van der Waals surface area contributed by atoms with Crippen LogP contribution in [0.3, 0.4) is 0 Å². The Morgan fingerprint density at radius 3 is 2.65 bits per heavy atom. The van der Waals surface area contributed by atoms with Crippen molar-refractivity contribution >= 4 is 11.9 Å². The van der Waals surface area contributed by atoms with Gasteiger partial charge >= 0.3 is 5.97 Å². The van der Waals surface area contributed by atoms with Gasteiger partial charge in [-0.3, -0.25) is 9.59 Å². The first-order valence-corrected chi connectivity index (χ1v) is 6.01. The number of esters is 1. The van der Waals surface area contributed by atoms with Crippen molar-refractivity contribution in [2.24, 2.45) is 0 Å². The summed E-state index contributed by atoms with van der Waals surface area (Å²) in [6.45, 7) is 1.83. The Bertz CT molecular complexity index is 578. The van der Waals surface area contributed by atoms with Gasteiger partial charge in [-0.1, -0.05) is 0 Å². The number of amides is 1. The van der Waals surface area contributed by atoms with E-state index in [4.69, 9.17) is 9.15 Å². The van der Waals surface area contributed by atoms with Crippen LogP contribution in [0, 0.1) is 0 Å². The van der Waals surface area contributed by atoms with Gasteiger partial charge in [0.2, 0.25) is 12.3 Å². The maximum Gasteiger partial charge on any atom is 0.325 e. The highest BCUT2D eigenvalue weighted by molar-refractivity contribution is 5.96. The van der Waals surface area contributed by atoms with E-state index in [2.05, 4.69) is 15.5 Å². The second-order valence-electron chi connectivity index (χ2n) is 3.81. The molecule has 0 saturated heterocycles. The molecule has 1 N–H and O–H groups in total. The summed E-state index contributed by atoms with van der Waals surface area (Å²) in [6.07, 6.45) is 1.23. The largest absolute Gasteiger partial charge is 0.465 e. The molecule has 1 heterocycles. The van der Waals surface area contributed by atoms with Crippen LogP contribution in [0.25, 0.3) is 11.5 Å². The van der Waals surface area contributed by atoms with E-state index < -0.39 is 5.97 Å². The molecule has 0 atom stereocenters. The number of hydrogen-bond donors (Lipinski definition) is 1. The van der Waals surface area contributed by atoms with Crippen molar-refractivity contribution in [2.75, 3.05) is 13.2 Å². The van der Waals surface area contributed by atoms with Gasteiger partial charge in [0.25, 0.3) is 5.91 Å². The number of ether oxygens (including phenoxy) is 1. The molecule has 0 radical (unpaired) electrons. The Balaban J connectivity index is 1.96. The monoisotopic (exact) mass is 275 g/mol. The summed E-state index contributed by atoms with van der Waals surface area (Å²) in [5, 5.41) is 9.81. The topological polar surface area (TPSA) is 94.3 Å². The highest BCUT2D eigenvalue weighted by Gasteiger charge is 2.09. The van der Waals surface area contributed by atoms with Crippen molar-refractivity contribution in [1.82, 2.24) is 15.5 Å². The van der Waals surface area contributed by atoms with E-state index in [1.54, 1.807) is 31.2 Å². The fourth-order valence-corrected chi connectivity index (χ4v) is 1.53. The molecule has 0 aliphatic heterocycles. The number of hydrogen-bond acceptors (Lipinski definition) is 6. The lowest BCUT2D eigenvalue weighted by Gasteiger charge is -2.05. The zero-order valence-corrected chi connectivity index (χ0v) is 10.8. The average Bonchev–Trinajstić information content (AvgIpc) is 2.99. The van der Waals surface area contributed by atoms with Crippen molar-refractivity contribution in [3.63, 3.8) is 0 Å². The first kappa shape index (κ1) is 13.7. The van der Waals surface area contributed by atoms with Crippen LogP contribution in [0.15, 0.2) is 35.1 Å². The minimum atomic E-state index is -0.469. The Labute approximate surface area is 115 Å². The maximum atomic E-state index is 11.8. The van der Waals surface area contributed by atoms with Gasteiger partial charge in [-0.25, -0.2) is 0 Å². The van der Waals surface area contributed by atoms with E-state index in [1.165, 1.54) is 6.39 Å². The third kappa shape index (κ3) is 3.41. The molecule has 2 rings (SSSR count). The maximum absolute atomic E-state index is 11.8. The van der Waals surface area contributed by atoms with Crippen LogP contribution in [0.4, 0.5) is 0 Å². The van der Waals surface area contributed by atoms with Crippen molar-refractivity contribution in [1.29, 1.82) is 0 Å². The molecule has 0 aliphatic carbocycles. The first-order valence-electron chi connectivity index (χ1n) is 6.01. The fourth-order valence-electron chi connectivity index (χ4n) is 1.53. The molecule has 0 fully saturated rings. The van der Waals surface area contributed by atoms with Crippen molar-refractivity contribution in [3.05, 3.63) is 36.2 Å². The number of rotatable bonds is 5. The first-order chi connectivity index (χ1) is 9.70. The summed E-state index contributed by atoms with van der Waals surface area (Å²) in [6, 6.07) is 6.60. The Kier molecular flexibility index (Phi) is 4.43. The van der Waals surface area contributed by atoms with Crippen molar-refractivity contribution < 1.29 is 18.7 Å². The van der Waals surface area contributed by atoms with Gasteiger partial charge in [-0.2, -0.15) is 0 Å². The molecule has 104 valence electrons. The SMILES string of the molecule is CCOC(=O)CNC(=O)c1ccc(-c2nnco2)cc1.